The molecule has 0 radical (unpaired) electrons. The second-order valence-electron chi connectivity index (χ2n) is 33.4. The van der Waals surface area contributed by atoms with E-state index in [0.717, 1.165) is 29.0 Å². The first-order valence-corrected chi connectivity index (χ1v) is 36.2. The first kappa shape index (κ1) is 87.3. The van der Waals surface area contributed by atoms with E-state index in [-0.39, 0.29) is 11.8 Å². The van der Waals surface area contributed by atoms with E-state index >= 15 is 0 Å². The second kappa shape index (κ2) is 39.7. The third-order valence-electron chi connectivity index (χ3n) is 17.9. The van der Waals surface area contributed by atoms with Crippen LogP contribution in [-0.4, -0.2) is 6.18 Å². The quantitative estimate of drug-likeness (QED) is 0.108. The standard InChI is InChI=1S/C15H21F3.C15H24.2C14H22.C13H20.C11H16.C10H14/c1-10(2)13-8-12(7-6-11(13)3)9-14(4,5)15(16,17)18;1-11(2)14-9-13(8-7-12(14)3)10-15(4,5)6;1-10(2)13-9-12(14(4,5)6)8-7-11(13)3;1-10(2)8-13-7-6-12(5)14(9-13)11(3)4;1-9(2)12-7-6-11(5)13(8-12)10(3)4;1-8(2)11-7-9(3)5-6-10(11)4;1-8(2)10-7-5-4-6-9(10)3/h6-8,10H,9H2,1-5H3;7-9,11H,10H2,1-6H3;7-10H,1-6H3;6-7,9-11H,8H2,1-5H3;6-10H,1-5H3;5-8H,1-4H3;4-8H,1-3H3. The van der Waals surface area contributed by atoms with E-state index in [2.05, 4.69) is 330 Å². The minimum Gasteiger partial charge on any atom is -0.171 e. The Morgan fingerprint density at radius 1 is 0.295 bits per heavy atom. The van der Waals surface area contributed by atoms with Gasteiger partial charge >= 0.3 is 6.18 Å². The van der Waals surface area contributed by atoms with E-state index in [0.29, 0.717) is 52.8 Å². The highest BCUT2D eigenvalue weighted by molar-refractivity contribution is 5.39. The normalized spacial score (nSPS) is 11.8. The van der Waals surface area contributed by atoms with Crippen LogP contribution in [0.5, 0.6) is 0 Å². The van der Waals surface area contributed by atoms with Gasteiger partial charge < -0.3 is 0 Å². The number of hydrogen-bond donors (Lipinski definition) is 0. The molecule has 7 aromatic carbocycles. The van der Waals surface area contributed by atoms with Gasteiger partial charge in [0.15, 0.2) is 0 Å². The molecule has 0 fully saturated rings. The Balaban J connectivity index is 0.000000558. The van der Waals surface area contributed by atoms with E-state index < -0.39 is 11.6 Å². The minimum absolute atomic E-state index is 0.0243. The molecule has 7 rings (SSSR count). The predicted molar refractivity (Wildman–Crippen MR) is 420 cm³/mol. The van der Waals surface area contributed by atoms with Crippen LogP contribution in [0.4, 0.5) is 13.2 Å². The molecule has 3 heteroatoms. The van der Waals surface area contributed by atoms with Crippen molar-refractivity contribution in [1.29, 1.82) is 0 Å². The summed E-state index contributed by atoms with van der Waals surface area (Å²) in [6.07, 6.45) is -1.79. The lowest BCUT2D eigenvalue weighted by Gasteiger charge is -2.28. The van der Waals surface area contributed by atoms with Crippen molar-refractivity contribution in [1.82, 2.24) is 0 Å². The van der Waals surface area contributed by atoms with Crippen molar-refractivity contribution in [3.8, 4) is 0 Å². The maximum absolute atomic E-state index is 12.9. The fourth-order valence-electron chi connectivity index (χ4n) is 12.0. The van der Waals surface area contributed by atoms with Crippen LogP contribution in [0.2, 0.25) is 0 Å². The molecule has 0 amide bonds. The van der Waals surface area contributed by atoms with Gasteiger partial charge in [-0.05, 0) is 244 Å². The maximum Gasteiger partial charge on any atom is 0.394 e. The Labute approximate surface area is 585 Å². The van der Waals surface area contributed by atoms with Gasteiger partial charge in [0.25, 0.3) is 0 Å². The van der Waals surface area contributed by atoms with Crippen LogP contribution in [-0.2, 0) is 24.7 Å². The molecule has 0 atom stereocenters. The van der Waals surface area contributed by atoms with E-state index in [1.807, 2.05) is 19.1 Å². The number of alkyl halides is 3. The predicted octanol–water partition coefficient (Wildman–Crippen LogP) is 29.5. The summed E-state index contributed by atoms with van der Waals surface area (Å²) in [6.45, 7) is 73.6. The lowest BCUT2D eigenvalue weighted by molar-refractivity contribution is -0.211. The van der Waals surface area contributed by atoms with Crippen LogP contribution in [0.15, 0.2) is 133 Å². The lowest BCUT2D eigenvalue weighted by Crippen LogP contribution is -2.34. The Morgan fingerprint density at radius 3 is 0.947 bits per heavy atom. The van der Waals surface area contributed by atoms with Gasteiger partial charge in [-0.25, -0.2) is 0 Å². The summed E-state index contributed by atoms with van der Waals surface area (Å²) in [6, 6.07) is 48.3. The summed E-state index contributed by atoms with van der Waals surface area (Å²) in [5, 5.41) is 0. The zero-order valence-corrected chi connectivity index (χ0v) is 67.2. The number of hydrogen-bond acceptors (Lipinski definition) is 0. The van der Waals surface area contributed by atoms with Gasteiger partial charge in [-0.1, -0.05) is 319 Å². The molecule has 0 heterocycles. The van der Waals surface area contributed by atoms with Gasteiger partial charge in [0.1, 0.15) is 0 Å². The van der Waals surface area contributed by atoms with Crippen LogP contribution in [0.3, 0.4) is 0 Å². The fourth-order valence-corrected chi connectivity index (χ4v) is 12.0. The molecule has 7 aromatic rings. The molecule has 0 N–H and O–H groups in total. The van der Waals surface area contributed by atoms with Crippen molar-refractivity contribution < 1.29 is 13.2 Å². The van der Waals surface area contributed by atoms with Crippen molar-refractivity contribution in [3.63, 3.8) is 0 Å². The van der Waals surface area contributed by atoms with Crippen molar-refractivity contribution >= 4 is 0 Å². The SMILES string of the molecule is Cc1ccc(C(C)(C)C)cc1C(C)C.Cc1ccc(C(C)C)cc1C(C)C.Cc1ccc(C)c(C(C)C)c1.Cc1ccc(CC(C)(C)C(F)(F)F)cc1C(C)C.Cc1ccc(CC(C)(C)C)cc1C(C)C.Cc1ccc(CC(C)C)cc1C(C)C.Cc1ccccc1C(C)C. The van der Waals surface area contributed by atoms with Gasteiger partial charge in [-0.3, -0.25) is 0 Å². The van der Waals surface area contributed by atoms with Crippen LogP contribution in [0.1, 0.15) is 339 Å². The van der Waals surface area contributed by atoms with Crippen molar-refractivity contribution in [3.05, 3.63) is 245 Å². The van der Waals surface area contributed by atoms with Gasteiger partial charge in [-0.15, -0.1) is 0 Å². The summed E-state index contributed by atoms with van der Waals surface area (Å²) in [5.74, 6) is 5.55. The number of aryl methyl sites for hydroxylation is 8. The highest BCUT2D eigenvalue weighted by Crippen LogP contribution is 2.41. The van der Waals surface area contributed by atoms with Gasteiger partial charge in [-0.2, -0.15) is 13.2 Å². The number of halogens is 3. The van der Waals surface area contributed by atoms with E-state index in [1.54, 1.807) is 6.07 Å². The average Bonchev–Trinajstić information content (AvgIpc) is 0.872. The molecular weight excluding hydrogens is 1160 g/mol. The summed E-state index contributed by atoms with van der Waals surface area (Å²) < 4.78 is 38.6. The molecule has 0 saturated carbocycles. The van der Waals surface area contributed by atoms with Crippen LogP contribution in [0, 0.1) is 72.1 Å². The average molecular weight is 1300 g/mol. The zero-order chi connectivity index (χ0) is 73.4. The van der Waals surface area contributed by atoms with Gasteiger partial charge in [0.2, 0.25) is 0 Å². The monoisotopic (exact) mass is 1300 g/mol. The summed E-state index contributed by atoms with van der Waals surface area (Å²) in [5.41, 5.74) is 26.6. The Bertz CT molecular complexity index is 3350. The molecule has 0 aromatic heterocycles. The first-order valence-electron chi connectivity index (χ1n) is 36.2. The van der Waals surface area contributed by atoms with Gasteiger partial charge in [0.05, 0.1) is 5.41 Å². The van der Waals surface area contributed by atoms with Crippen LogP contribution in [0.25, 0.3) is 0 Å². The van der Waals surface area contributed by atoms with Crippen molar-refractivity contribution in [2.24, 2.45) is 16.7 Å². The molecule has 0 spiro atoms. The molecule has 0 aliphatic rings. The van der Waals surface area contributed by atoms with Crippen LogP contribution < -0.4 is 0 Å². The Hall–Kier alpha value is -5.67. The highest BCUT2D eigenvalue weighted by atomic mass is 19.4. The smallest absolute Gasteiger partial charge is 0.171 e. The Morgan fingerprint density at radius 2 is 0.611 bits per heavy atom. The van der Waals surface area contributed by atoms with Gasteiger partial charge in [0, 0.05) is 0 Å². The largest absolute Gasteiger partial charge is 0.394 e. The number of benzene rings is 7. The topological polar surface area (TPSA) is 0 Å². The molecule has 0 aliphatic carbocycles. The third kappa shape index (κ3) is 31.6. The number of rotatable bonds is 13. The summed E-state index contributed by atoms with van der Waals surface area (Å²) >= 11 is 0. The molecule has 0 unspecified atom stereocenters. The lowest BCUT2D eigenvalue weighted by atomic mass is 9.83. The zero-order valence-electron chi connectivity index (χ0n) is 67.2. The highest BCUT2D eigenvalue weighted by Gasteiger charge is 2.47. The fraction of sp³-hybridized carbons (Fsp3) is 0.543. The van der Waals surface area contributed by atoms with E-state index in [1.165, 1.54) is 115 Å². The third-order valence-corrected chi connectivity index (χ3v) is 17.9. The molecule has 0 saturated heterocycles. The molecule has 528 valence electrons. The van der Waals surface area contributed by atoms with E-state index in [4.69, 9.17) is 0 Å². The van der Waals surface area contributed by atoms with Crippen molar-refractivity contribution in [2.45, 2.75) is 314 Å². The second-order valence-corrected chi connectivity index (χ2v) is 33.4. The molecule has 0 aliphatic heterocycles. The summed E-state index contributed by atoms with van der Waals surface area (Å²) in [7, 11) is 0. The Kier molecular flexibility index (Phi) is 36.5. The molecular formula is C92H139F3. The molecule has 0 bridgehead atoms. The molecule has 0 nitrogen and oxygen atoms in total. The molecule has 95 heavy (non-hydrogen) atoms. The minimum atomic E-state index is -4.17. The maximum atomic E-state index is 12.9. The van der Waals surface area contributed by atoms with Crippen molar-refractivity contribution in [2.75, 3.05) is 0 Å². The summed E-state index contributed by atoms with van der Waals surface area (Å²) in [4.78, 5) is 0. The van der Waals surface area contributed by atoms with Crippen LogP contribution >= 0.6 is 0 Å². The van der Waals surface area contributed by atoms with E-state index in [9.17, 15) is 13.2 Å². The first-order chi connectivity index (χ1) is 43.5.